The fourth-order valence-electron chi connectivity index (χ4n) is 1.57. The summed E-state index contributed by atoms with van der Waals surface area (Å²) < 4.78 is 0. The van der Waals surface area contributed by atoms with Gasteiger partial charge in [0.25, 0.3) is 0 Å². The Hall–Kier alpha value is -1.75. The number of benzene rings is 1. The Kier molecular flexibility index (Phi) is 5.63. The smallest absolute Gasteiger partial charge is 0.317 e. The van der Waals surface area contributed by atoms with Crippen LogP contribution >= 0.6 is 0 Å². The first-order chi connectivity index (χ1) is 8.95. The average molecular weight is 265 g/mol. The van der Waals surface area contributed by atoms with Crippen molar-refractivity contribution in [3.8, 4) is 0 Å². The summed E-state index contributed by atoms with van der Waals surface area (Å²) in [6.07, 6.45) is 0. The summed E-state index contributed by atoms with van der Waals surface area (Å²) in [4.78, 5) is 15.3. The van der Waals surface area contributed by atoms with Gasteiger partial charge in [-0.3, -0.25) is 0 Å². The number of aliphatic hydroxyl groups excluding tert-OH is 1. The first-order valence-electron chi connectivity index (χ1n) is 6.33. The molecule has 106 valence electrons. The summed E-state index contributed by atoms with van der Waals surface area (Å²) in [5.41, 5.74) is 2.15. The van der Waals surface area contributed by atoms with E-state index in [-0.39, 0.29) is 18.7 Å². The van der Waals surface area contributed by atoms with Gasteiger partial charge in [-0.2, -0.15) is 0 Å². The van der Waals surface area contributed by atoms with Crippen LogP contribution in [-0.2, 0) is 6.54 Å². The molecule has 0 aliphatic rings. The number of amides is 2. The number of aliphatic hydroxyl groups is 1. The number of nitrogens with zero attached hydrogens (tertiary/aromatic N) is 2. The topological polar surface area (TPSA) is 55.8 Å². The maximum atomic E-state index is 11.8. The Bertz CT molecular complexity index is 421. The summed E-state index contributed by atoms with van der Waals surface area (Å²) >= 11 is 0. The number of hydrogen-bond donors (Lipinski definition) is 2. The predicted molar refractivity (Wildman–Crippen MR) is 77.3 cm³/mol. The molecule has 1 atom stereocenters. The van der Waals surface area contributed by atoms with Crippen molar-refractivity contribution in [3.05, 3.63) is 29.8 Å². The van der Waals surface area contributed by atoms with Crippen LogP contribution in [0, 0.1) is 0 Å². The van der Waals surface area contributed by atoms with Gasteiger partial charge in [0.2, 0.25) is 0 Å². The highest BCUT2D eigenvalue weighted by Crippen LogP contribution is 2.13. The van der Waals surface area contributed by atoms with Gasteiger partial charge in [-0.15, -0.1) is 0 Å². The monoisotopic (exact) mass is 265 g/mol. The zero-order chi connectivity index (χ0) is 14.4. The molecule has 0 heterocycles. The molecule has 5 heteroatoms. The van der Waals surface area contributed by atoms with Crippen molar-refractivity contribution in [2.75, 3.05) is 32.6 Å². The fraction of sp³-hybridized carbons (Fsp3) is 0.500. The van der Waals surface area contributed by atoms with Crippen molar-refractivity contribution < 1.29 is 9.90 Å². The van der Waals surface area contributed by atoms with E-state index in [0.717, 1.165) is 11.3 Å². The minimum absolute atomic E-state index is 0.0416. The minimum atomic E-state index is -0.187. The Labute approximate surface area is 114 Å². The van der Waals surface area contributed by atoms with Crippen LogP contribution in [0.25, 0.3) is 0 Å². The SMILES string of the molecule is CC(CO)N(C)C(=O)NCc1cccc(N(C)C)c1. The predicted octanol–water partition coefficient (Wildman–Crippen LogP) is 1.27. The van der Waals surface area contributed by atoms with Crippen LogP contribution in [0.3, 0.4) is 0 Å². The van der Waals surface area contributed by atoms with Crippen LogP contribution in [0.4, 0.5) is 10.5 Å². The molecule has 5 nitrogen and oxygen atoms in total. The number of urea groups is 1. The fourth-order valence-corrected chi connectivity index (χ4v) is 1.57. The molecule has 1 aromatic rings. The van der Waals surface area contributed by atoms with E-state index in [2.05, 4.69) is 5.32 Å². The normalized spacial score (nSPS) is 11.8. The molecule has 0 saturated heterocycles. The number of likely N-dealkylation sites (N-methyl/N-ethyl adjacent to an activating group) is 1. The van der Waals surface area contributed by atoms with Crippen molar-refractivity contribution in [1.29, 1.82) is 0 Å². The molecule has 0 radical (unpaired) electrons. The molecule has 1 rings (SSSR count). The molecule has 0 aliphatic heterocycles. The first-order valence-corrected chi connectivity index (χ1v) is 6.33. The van der Waals surface area contributed by atoms with Gasteiger partial charge in [0.1, 0.15) is 0 Å². The van der Waals surface area contributed by atoms with E-state index in [0.29, 0.717) is 6.54 Å². The van der Waals surface area contributed by atoms with Crippen LogP contribution in [0.15, 0.2) is 24.3 Å². The van der Waals surface area contributed by atoms with Crippen molar-refractivity contribution in [2.24, 2.45) is 0 Å². The highest BCUT2D eigenvalue weighted by Gasteiger charge is 2.14. The molecule has 1 aromatic carbocycles. The number of carbonyl (C=O) groups excluding carboxylic acids is 1. The summed E-state index contributed by atoms with van der Waals surface area (Å²) in [7, 11) is 5.63. The molecule has 2 N–H and O–H groups in total. The summed E-state index contributed by atoms with van der Waals surface area (Å²) in [5, 5.41) is 11.8. The van der Waals surface area contributed by atoms with Crippen LogP contribution in [-0.4, -0.2) is 49.8 Å². The van der Waals surface area contributed by atoms with E-state index < -0.39 is 0 Å². The van der Waals surface area contributed by atoms with Gasteiger partial charge in [0.05, 0.1) is 12.6 Å². The maximum Gasteiger partial charge on any atom is 0.317 e. The first kappa shape index (κ1) is 15.3. The molecule has 0 saturated carbocycles. The van der Waals surface area contributed by atoms with Crippen LogP contribution < -0.4 is 10.2 Å². The molecule has 0 fully saturated rings. The average Bonchev–Trinajstić information content (AvgIpc) is 2.43. The number of anilines is 1. The van der Waals surface area contributed by atoms with Gasteiger partial charge in [0.15, 0.2) is 0 Å². The molecule has 19 heavy (non-hydrogen) atoms. The zero-order valence-corrected chi connectivity index (χ0v) is 12.1. The molecule has 2 amide bonds. The Morgan fingerprint density at radius 2 is 2.05 bits per heavy atom. The van der Waals surface area contributed by atoms with E-state index in [1.165, 1.54) is 4.90 Å². The standard InChI is InChI=1S/C14H23N3O2/c1-11(10-18)17(4)14(19)15-9-12-6-5-7-13(8-12)16(2)3/h5-8,11,18H,9-10H2,1-4H3,(H,15,19). The lowest BCUT2D eigenvalue weighted by Crippen LogP contribution is -2.43. The van der Waals surface area contributed by atoms with Crippen molar-refractivity contribution in [1.82, 2.24) is 10.2 Å². The lowest BCUT2D eigenvalue weighted by molar-refractivity contribution is 0.157. The second-order valence-corrected chi connectivity index (χ2v) is 4.87. The number of nitrogens with one attached hydrogen (secondary N) is 1. The van der Waals surface area contributed by atoms with Gasteiger partial charge in [-0.05, 0) is 24.6 Å². The number of carbonyl (C=O) groups is 1. The molecule has 0 aliphatic carbocycles. The molecular weight excluding hydrogens is 242 g/mol. The summed E-state index contributed by atoms with van der Waals surface area (Å²) in [6.45, 7) is 2.23. The molecule has 0 aromatic heterocycles. The third kappa shape index (κ3) is 4.44. The Morgan fingerprint density at radius 1 is 1.37 bits per heavy atom. The lowest BCUT2D eigenvalue weighted by atomic mass is 10.2. The minimum Gasteiger partial charge on any atom is -0.394 e. The number of rotatable bonds is 5. The quantitative estimate of drug-likeness (QED) is 0.843. The van der Waals surface area contributed by atoms with Crippen LogP contribution in [0.5, 0.6) is 0 Å². The van der Waals surface area contributed by atoms with Gasteiger partial charge >= 0.3 is 6.03 Å². The zero-order valence-electron chi connectivity index (χ0n) is 12.1. The van der Waals surface area contributed by atoms with E-state index in [9.17, 15) is 4.79 Å². The third-order valence-electron chi connectivity index (χ3n) is 3.12. The van der Waals surface area contributed by atoms with Gasteiger partial charge < -0.3 is 20.2 Å². The largest absolute Gasteiger partial charge is 0.394 e. The van der Waals surface area contributed by atoms with Crippen LogP contribution in [0.2, 0.25) is 0 Å². The second kappa shape index (κ2) is 6.99. The molecular formula is C14H23N3O2. The van der Waals surface area contributed by atoms with E-state index in [1.807, 2.05) is 43.3 Å². The van der Waals surface area contributed by atoms with Gasteiger partial charge in [-0.25, -0.2) is 4.79 Å². The Morgan fingerprint density at radius 3 is 2.63 bits per heavy atom. The molecule has 0 bridgehead atoms. The van der Waals surface area contributed by atoms with Gasteiger partial charge in [0, 0.05) is 33.4 Å². The van der Waals surface area contributed by atoms with E-state index in [1.54, 1.807) is 14.0 Å². The van der Waals surface area contributed by atoms with Crippen LogP contribution in [0.1, 0.15) is 12.5 Å². The summed E-state index contributed by atoms with van der Waals surface area (Å²) in [6, 6.07) is 7.63. The van der Waals surface area contributed by atoms with Crippen molar-refractivity contribution in [2.45, 2.75) is 19.5 Å². The van der Waals surface area contributed by atoms with Crippen molar-refractivity contribution >= 4 is 11.7 Å². The Balaban J connectivity index is 2.57. The molecule has 0 spiro atoms. The highest BCUT2D eigenvalue weighted by atomic mass is 16.3. The summed E-state index contributed by atoms with van der Waals surface area (Å²) in [5.74, 6) is 0. The third-order valence-corrected chi connectivity index (χ3v) is 3.12. The highest BCUT2D eigenvalue weighted by molar-refractivity contribution is 5.74. The second-order valence-electron chi connectivity index (χ2n) is 4.87. The molecule has 1 unspecified atom stereocenters. The van der Waals surface area contributed by atoms with E-state index >= 15 is 0 Å². The van der Waals surface area contributed by atoms with E-state index in [4.69, 9.17) is 5.11 Å². The lowest BCUT2D eigenvalue weighted by Gasteiger charge is -2.23. The number of hydrogen-bond acceptors (Lipinski definition) is 3. The van der Waals surface area contributed by atoms with Crippen molar-refractivity contribution in [3.63, 3.8) is 0 Å². The maximum absolute atomic E-state index is 11.8. The van der Waals surface area contributed by atoms with Gasteiger partial charge in [-0.1, -0.05) is 12.1 Å².